The molecule has 0 fully saturated rings. The number of nitrogens with one attached hydrogen (secondary N) is 1. The summed E-state index contributed by atoms with van der Waals surface area (Å²) in [5, 5.41) is 12.6. The molecule has 0 bridgehead atoms. The Balaban J connectivity index is 1.30. The van der Waals surface area contributed by atoms with Crippen LogP contribution in [-0.2, 0) is 4.74 Å². The molecule has 9 nitrogen and oxygen atoms in total. The van der Waals surface area contributed by atoms with E-state index < -0.39 is 12.3 Å². The Hall–Kier alpha value is -4.05. The first-order chi connectivity index (χ1) is 18.8. The fourth-order valence-corrected chi connectivity index (χ4v) is 4.63. The van der Waals surface area contributed by atoms with E-state index >= 15 is 0 Å². The monoisotopic (exact) mass is 585 g/mol. The van der Waals surface area contributed by atoms with Crippen molar-refractivity contribution in [1.29, 1.82) is 0 Å². The molecule has 12 heteroatoms. The molecule has 1 aromatic heterocycles. The van der Waals surface area contributed by atoms with E-state index in [9.17, 15) is 9.59 Å². The van der Waals surface area contributed by atoms with Crippen LogP contribution in [0, 0.1) is 0 Å². The zero-order valence-electron chi connectivity index (χ0n) is 19.9. The summed E-state index contributed by atoms with van der Waals surface area (Å²) in [5.74, 6) is 1.12. The Labute approximate surface area is 237 Å². The van der Waals surface area contributed by atoms with E-state index in [0.29, 0.717) is 40.0 Å². The van der Waals surface area contributed by atoms with Crippen LogP contribution < -0.4 is 14.8 Å². The van der Waals surface area contributed by atoms with Crippen LogP contribution >= 0.6 is 34.8 Å². The van der Waals surface area contributed by atoms with Gasteiger partial charge >= 0.3 is 6.16 Å². The van der Waals surface area contributed by atoms with Crippen molar-refractivity contribution in [3.8, 4) is 28.6 Å². The van der Waals surface area contributed by atoms with Crippen LogP contribution in [-0.4, -0.2) is 33.7 Å². The average Bonchev–Trinajstić information content (AvgIpc) is 2.92. The number of amides is 1. The fraction of sp³-hybridized carbons (Fsp3) is 0.111. The summed E-state index contributed by atoms with van der Waals surface area (Å²) >= 11 is 18.8. The molecule has 0 saturated carbocycles. The summed E-state index contributed by atoms with van der Waals surface area (Å²) < 4.78 is 16.4. The molecular formula is C27H18Cl3N3O6. The molecule has 1 aliphatic rings. The molecule has 1 aliphatic heterocycles. The van der Waals surface area contributed by atoms with Crippen LogP contribution in [0.15, 0.2) is 66.9 Å². The quantitative estimate of drug-likeness (QED) is 0.221. The number of rotatable bonds is 6. The van der Waals surface area contributed by atoms with Crippen molar-refractivity contribution in [2.75, 3.05) is 11.9 Å². The maximum absolute atomic E-state index is 12.8. The van der Waals surface area contributed by atoms with E-state index in [1.165, 1.54) is 6.07 Å². The Morgan fingerprint density at radius 1 is 1.03 bits per heavy atom. The van der Waals surface area contributed by atoms with Gasteiger partial charge in [-0.1, -0.05) is 34.8 Å². The lowest BCUT2D eigenvalue weighted by Gasteiger charge is -2.26. The molecule has 0 saturated heterocycles. The summed E-state index contributed by atoms with van der Waals surface area (Å²) in [7, 11) is 0. The van der Waals surface area contributed by atoms with Gasteiger partial charge in [0.15, 0.2) is 11.6 Å². The van der Waals surface area contributed by atoms with Crippen molar-refractivity contribution in [3.63, 3.8) is 0 Å². The Morgan fingerprint density at radius 3 is 2.49 bits per heavy atom. The third-order valence-corrected chi connectivity index (χ3v) is 6.59. The third kappa shape index (κ3) is 6.01. The summed E-state index contributed by atoms with van der Waals surface area (Å²) in [6.07, 6.45) is -0.293. The van der Waals surface area contributed by atoms with Gasteiger partial charge in [0.1, 0.15) is 28.4 Å². The number of ether oxygens (including phenoxy) is 3. The standard InChI is InChI=1S/C27H18Cl3N3O6/c28-16-5-1-14(2-6-16)25-31-11-9-21(32-25)33-26(34)15-3-7-17(8-4-15)38-24-19(29)13-18-20(39-27(35)36)10-12-37-23(18)22(24)30/h1-9,11,13,20H,10,12H2,(H,35,36)(H,31,32,33,34). The normalized spacial score (nSPS) is 14.1. The van der Waals surface area contributed by atoms with Crippen molar-refractivity contribution in [2.24, 2.45) is 0 Å². The van der Waals surface area contributed by atoms with E-state index in [4.69, 9.17) is 54.1 Å². The summed E-state index contributed by atoms with van der Waals surface area (Å²) in [5.41, 5.74) is 1.53. The second kappa shape index (κ2) is 11.4. The van der Waals surface area contributed by atoms with Crippen LogP contribution in [0.5, 0.6) is 17.2 Å². The SMILES string of the molecule is O=C(O)OC1CCOc2c1cc(Cl)c(Oc1ccc(C(=O)Nc3ccnc(-c4ccc(Cl)cc4)n3)cc1)c2Cl. The number of aromatic nitrogens is 2. The van der Waals surface area contributed by atoms with Gasteiger partial charge in [-0.05, 0) is 60.7 Å². The van der Waals surface area contributed by atoms with Gasteiger partial charge < -0.3 is 24.6 Å². The first-order valence-electron chi connectivity index (χ1n) is 11.5. The second-order valence-electron chi connectivity index (χ2n) is 8.28. The van der Waals surface area contributed by atoms with Crippen molar-refractivity contribution in [1.82, 2.24) is 9.97 Å². The number of hydrogen-bond donors (Lipinski definition) is 2. The van der Waals surface area contributed by atoms with E-state index in [2.05, 4.69) is 15.3 Å². The molecule has 1 unspecified atom stereocenters. The van der Waals surface area contributed by atoms with Gasteiger partial charge in [-0.2, -0.15) is 0 Å². The molecule has 0 aliphatic carbocycles. The molecule has 1 atom stereocenters. The van der Waals surface area contributed by atoms with Gasteiger partial charge in [-0.25, -0.2) is 14.8 Å². The van der Waals surface area contributed by atoms with Gasteiger partial charge in [-0.3, -0.25) is 4.79 Å². The summed E-state index contributed by atoms with van der Waals surface area (Å²) in [6, 6.07) is 16.4. The molecule has 2 N–H and O–H groups in total. The highest BCUT2D eigenvalue weighted by atomic mass is 35.5. The molecule has 1 amide bonds. The van der Waals surface area contributed by atoms with Crippen LogP contribution in [0.1, 0.15) is 28.4 Å². The number of carbonyl (C=O) groups excluding carboxylic acids is 1. The average molecular weight is 587 g/mol. The number of hydrogen-bond acceptors (Lipinski definition) is 7. The van der Waals surface area contributed by atoms with Crippen molar-refractivity contribution in [3.05, 3.63) is 93.1 Å². The highest BCUT2D eigenvalue weighted by Crippen LogP contribution is 2.49. The van der Waals surface area contributed by atoms with Crippen LogP contribution in [0.2, 0.25) is 15.1 Å². The van der Waals surface area contributed by atoms with E-state index in [1.807, 2.05) is 0 Å². The number of carboxylic acid groups (broad SMARTS) is 1. The minimum atomic E-state index is -1.41. The first kappa shape index (κ1) is 26.6. The highest BCUT2D eigenvalue weighted by molar-refractivity contribution is 6.38. The molecule has 39 heavy (non-hydrogen) atoms. The Kier molecular flexibility index (Phi) is 7.74. The zero-order chi connectivity index (χ0) is 27.5. The smallest absolute Gasteiger partial charge is 0.491 e. The van der Waals surface area contributed by atoms with Gasteiger partial charge in [0.25, 0.3) is 5.91 Å². The topological polar surface area (TPSA) is 120 Å². The molecule has 198 valence electrons. The van der Waals surface area contributed by atoms with Crippen LogP contribution in [0.3, 0.4) is 0 Å². The van der Waals surface area contributed by atoms with E-state index in [-0.39, 0.29) is 34.1 Å². The predicted octanol–water partition coefficient (Wildman–Crippen LogP) is 7.67. The molecule has 5 rings (SSSR count). The van der Waals surface area contributed by atoms with E-state index in [1.54, 1.807) is 60.8 Å². The molecule has 2 heterocycles. The summed E-state index contributed by atoms with van der Waals surface area (Å²) in [6.45, 7) is 0.211. The number of carbonyl (C=O) groups is 2. The Morgan fingerprint density at radius 2 is 1.77 bits per heavy atom. The van der Waals surface area contributed by atoms with Crippen LogP contribution in [0.4, 0.5) is 10.6 Å². The van der Waals surface area contributed by atoms with E-state index in [0.717, 1.165) is 5.56 Å². The van der Waals surface area contributed by atoms with Crippen molar-refractivity contribution >= 4 is 52.7 Å². The van der Waals surface area contributed by atoms with Gasteiger partial charge in [-0.15, -0.1) is 0 Å². The lowest BCUT2D eigenvalue weighted by molar-refractivity contribution is 0.0326. The second-order valence-corrected chi connectivity index (χ2v) is 9.50. The lowest BCUT2D eigenvalue weighted by Crippen LogP contribution is -2.19. The van der Waals surface area contributed by atoms with Gasteiger partial charge in [0.2, 0.25) is 0 Å². The zero-order valence-corrected chi connectivity index (χ0v) is 22.1. The maximum atomic E-state index is 12.8. The molecule has 4 aromatic rings. The number of benzene rings is 3. The van der Waals surface area contributed by atoms with Gasteiger partial charge in [0.05, 0.1) is 11.6 Å². The highest BCUT2D eigenvalue weighted by Gasteiger charge is 2.30. The Bertz CT molecular complexity index is 1550. The lowest BCUT2D eigenvalue weighted by atomic mass is 10.0. The molecular weight excluding hydrogens is 569 g/mol. The predicted molar refractivity (Wildman–Crippen MR) is 145 cm³/mol. The largest absolute Gasteiger partial charge is 0.506 e. The summed E-state index contributed by atoms with van der Waals surface area (Å²) in [4.78, 5) is 32.5. The number of anilines is 1. The van der Waals surface area contributed by atoms with Crippen molar-refractivity contribution < 1.29 is 28.9 Å². The number of nitrogens with zero attached hydrogens (tertiary/aromatic N) is 2. The molecule has 3 aromatic carbocycles. The number of halogens is 3. The molecule has 0 radical (unpaired) electrons. The molecule has 0 spiro atoms. The maximum Gasteiger partial charge on any atom is 0.506 e. The minimum Gasteiger partial charge on any atom is -0.491 e. The fourth-order valence-electron chi connectivity index (χ4n) is 3.90. The van der Waals surface area contributed by atoms with Crippen LogP contribution in [0.25, 0.3) is 11.4 Å². The van der Waals surface area contributed by atoms with Gasteiger partial charge in [0, 0.05) is 34.3 Å². The first-order valence-corrected chi connectivity index (χ1v) is 12.6. The number of fused-ring (bicyclic) bond motifs is 1. The minimum absolute atomic E-state index is 0.0817. The van der Waals surface area contributed by atoms with Crippen molar-refractivity contribution in [2.45, 2.75) is 12.5 Å². The third-order valence-electron chi connectivity index (χ3n) is 5.71.